The molecule has 0 radical (unpaired) electrons. The number of aromatic nitrogens is 3. The summed E-state index contributed by atoms with van der Waals surface area (Å²) in [6, 6.07) is 20.0. The first kappa shape index (κ1) is 19.5. The molecule has 7 heteroatoms. The number of ether oxygens (including phenoxy) is 1. The van der Waals surface area contributed by atoms with Crippen LogP contribution in [0.25, 0.3) is 10.8 Å². The normalized spacial score (nSPS) is 11.4. The lowest BCUT2D eigenvalue weighted by Crippen LogP contribution is -1.99. The van der Waals surface area contributed by atoms with E-state index < -0.39 is 0 Å². The predicted molar refractivity (Wildman–Crippen MR) is 119 cm³/mol. The SMILES string of the molecule is CCOc1ccc2ccccc2c1/C=N/n1cnnc1SCc1ccccc1Cl. The van der Waals surface area contributed by atoms with Crippen molar-refractivity contribution in [2.24, 2.45) is 5.10 Å². The maximum atomic E-state index is 6.25. The average Bonchev–Trinajstić information content (AvgIpc) is 3.20. The Balaban J connectivity index is 1.61. The summed E-state index contributed by atoms with van der Waals surface area (Å²) >= 11 is 7.78. The van der Waals surface area contributed by atoms with Gasteiger partial charge in [-0.3, -0.25) is 0 Å². The van der Waals surface area contributed by atoms with Crippen molar-refractivity contribution in [3.05, 3.63) is 83.1 Å². The van der Waals surface area contributed by atoms with Crippen molar-refractivity contribution < 1.29 is 4.74 Å². The minimum atomic E-state index is 0.588. The van der Waals surface area contributed by atoms with Gasteiger partial charge in [-0.1, -0.05) is 71.9 Å². The smallest absolute Gasteiger partial charge is 0.212 e. The molecule has 4 rings (SSSR count). The molecule has 0 bridgehead atoms. The number of benzene rings is 3. The van der Waals surface area contributed by atoms with Crippen LogP contribution in [0.5, 0.6) is 5.75 Å². The Morgan fingerprint density at radius 3 is 2.79 bits per heavy atom. The Labute approximate surface area is 178 Å². The van der Waals surface area contributed by atoms with E-state index in [4.69, 9.17) is 16.3 Å². The second-order valence-electron chi connectivity index (χ2n) is 6.21. The maximum Gasteiger partial charge on any atom is 0.212 e. The number of thioether (sulfide) groups is 1. The molecule has 0 aliphatic heterocycles. The highest BCUT2D eigenvalue weighted by atomic mass is 35.5. The zero-order valence-electron chi connectivity index (χ0n) is 15.8. The van der Waals surface area contributed by atoms with Crippen LogP contribution in [0, 0.1) is 0 Å². The number of rotatable bonds is 7. The van der Waals surface area contributed by atoms with Gasteiger partial charge in [0, 0.05) is 16.3 Å². The second-order valence-corrected chi connectivity index (χ2v) is 7.56. The molecule has 0 fully saturated rings. The van der Waals surface area contributed by atoms with Gasteiger partial charge in [0.1, 0.15) is 12.1 Å². The quantitative estimate of drug-likeness (QED) is 0.285. The van der Waals surface area contributed by atoms with Gasteiger partial charge in [0.25, 0.3) is 0 Å². The minimum Gasteiger partial charge on any atom is -0.493 e. The number of halogens is 1. The molecule has 0 aliphatic rings. The van der Waals surface area contributed by atoms with E-state index in [0.717, 1.165) is 32.7 Å². The number of fused-ring (bicyclic) bond motifs is 1. The highest BCUT2D eigenvalue weighted by molar-refractivity contribution is 7.98. The number of nitrogens with zero attached hydrogens (tertiary/aromatic N) is 4. The molecule has 3 aromatic carbocycles. The zero-order valence-corrected chi connectivity index (χ0v) is 17.4. The Hall–Kier alpha value is -2.83. The molecule has 0 atom stereocenters. The summed E-state index contributed by atoms with van der Waals surface area (Å²) in [5.74, 6) is 1.49. The first-order valence-electron chi connectivity index (χ1n) is 9.21. The third-order valence-electron chi connectivity index (χ3n) is 4.36. The summed E-state index contributed by atoms with van der Waals surface area (Å²) in [5.41, 5.74) is 1.98. The number of hydrogen-bond acceptors (Lipinski definition) is 5. The van der Waals surface area contributed by atoms with Crippen LogP contribution in [0.4, 0.5) is 0 Å². The summed E-state index contributed by atoms with van der Waals surface area (Å²) < 4.78 is 7.48. The van der Waals surface area contributed by atoms with E-state index in [2.05, 4.69) is 33.5 Å². The van der Waals surface area contributed by atoms with Crippen LogP contribution >= 0.6 is 23.4 Å². The van der Waals surface area contributed by atoms with Crippen LogP contribution in [-0.4, -0.2) is 27.7 Å². The summed E-state index contributed by atoms with van der Waals surface area (Å²) in [6.45, 7) is 2.56. The number of hydrogen-bond donors (Lipinski definition) is 0. The lowest BCUT2D eigenvalue weighted by molar-refractivity contribution is 0.340. The highest BCUT2D eigenvalue weighted by Gasteiger charge is 2.09. The third kappa shape index (κ3) is 4.44. The molecule has 1 aromatic heterocycles. The summed E-state index contributed by atoms with van der Waals surface area (Å²) in [7, 11) is 0. The van der Waals surface area contributed by atoms with Crippen molar-refractivity contribution >= 4 is 40.3 Å². The summed E-state index contributed by atoms with van der Waals surface area (Å²) in [6.07, 6.45) is 3.40. The molecular formula is C22H19ClN4OS. The van der Waals surface area contributed by atoms with Crippen molar-refractivity contribution in [1.29, 1.82) is 0 Å². The van der Waals surface area contributed by atoms with Gasteiger partial charge in [-0.2, -0.15) is 9.78 Å². The zero-order chi connectivity index (χ0) is 20.1. The lowest BCUT2D eigenvalue weighted by Gasteiger charge is -2.10. The van der Waals surface area contributed by atoms with Crippen molar-refractivity contribution in [3.63, 3.8) is 0 Å². The molecule has 0 amide bonds. The summed E-state index contributed by atoms with van der Waals surface area (Å²) in [4.78, 5) is 0. The first-order valence-corrected chi connectivity index (χ1v) is 10.6. The summed E-state index contributed by atoms with van der Waals surface area (Å²) in [5, 5.41) is 16.4. The van der Waals surface area contributed by atoms with Gasteiger partial charge in [-0.15, -0.1) is 10.2 Å². The van der Waals surface area contributed by atoms with E-state index in [1.165, 1.54) is 11.8 Å². The maximum absolute atomic E-state index is 6.25. The van der Waals surface area contributed by atoms with E-state index in [1.807, 2.05) is 49.4 Å². The van der Waals surface area contributed by atoms with Gasteiger partial charge >= 0.3 is 0 Å². The Morgan fingerprint density at radius 1 is 1.10 bits per heavy atom. The highest BCUT2D eigenvalue weighted by Crippen LogP contribution is 2.28. The molecule has 4 aromatic rings. The van der Waals surface area contributed by atoms with E-state index in [9.17, 15) is 0 Å². The van der Waals surface area contributed by atoms with Gasteiger partial charge in [-0.05, 0) is 35.4 Å². The van der Waals surface area contributed by atoms with Gasteiger partial charge in [0.05, 0.1) is 12.8 Å². The third-order valence-corrected chi connectivity index (χ3v) is 5.71. The Morgan fingerprint density at radius 2 is 1.93 bits per heavy atom. The monoisotopic (exact) mass is 422 g/mol. The van der Waals surface area contributed by atoms with Crippen molar-refractivity contribution in [1.82, 2.24) is 14.9 Å². The lowest BCUT2D eigenvalue weighted by atomic mass is 10.0. The molecule has 146 valence electrons. The molecule has 0 saturated heterocycles. The van der Waals surface area contributed by atoms with Crippen LogP contribution in [0.3, 0.4) is 0 Å². The molecule has 0 aliphatic carbocycles. The molecule has 0 unspecified atom stereocenters. The molecular weight excluding hydrogens is 404 g/mol. The van der Waals surface area contributed by atoms with Crippen LogP contribution in [0.2, 0.25) is 5.02 Å². The Kier molecular flexibility index (Phi) is 6.12. The standard InChI is InChI=1S/C22H19ClN4OS/c1-2-28-21-12-11-16-7-3-5-9-18(16)19(21)13-25-27-15-24-26-22(27)29-14-17-8-4-6-10-20(17)23/h3-13,15H,2,14H2,1H3/b25-13+. The van der Waals surface area contributed by atoms with E-state index in [-0.39, 0.29) is 0 Å². The first-order chi connectivity index (χ1) is 14.3. The Bertz CT molecular complexity index is 1160. The van der Waals surface area contributed by atoms with Crippen LogP contribution in [-0.2, 0) is 5.75 Å². The van der Waals surface area contributed by atoms with Gasteiger partial charge in [0.2, 0.25) is 5.16 Å². The van der Waals surface area contributed by atoms with E-state index in [1.54, 1.807) is 17.2 Å². The van der Waals surface area contributed by atoms with Crippen LogP contribution in [0.1, 0.15) is 18.1 Å². The van der Waals surface area contributed by atoms with Crippen molar-refractivity contribution in [3.8, 4) is 5.75 Å². The molecule has 5 nitrogen and oxygen atoms in total. The van der Waals surface area contributed by atoms with Crippen molar-refractivity contribution in [2.45, 2.75) is 17.8 Å². The van der Waals surface area contributed by atoms with Gasteiger partial charge < -0.3 is 4.74 Å². The van der Waals surface area contributed by atoms with Crippen molar-refractivity contribution in [2.75, 3.05) is 6.61 Å². The molecule has 0 saturated carbocycles. The minimum absolute atomic E-state index is 0.588. The molecule has 1 heterocycles. The van der Waals surface area contributed by atoms with E-state index >= 15 is 0 Å². The second kappa shape index (κ2) is 9.11. The topological polar surface area (TPSA) is 52.3 Å². The van der Waals surface area contributed by atoms with Gasteiger partial charge in [0.15, 0.2) is 0 Å². The van der Waals surface area contributed by atoms with E-state index in [0.29, 0.717) is 17.5 Å². The van der Waals surface area contributed by atoms with Gasteiger partial charge in [-0.25, -0.2) is 0 Å². The van der Waals surface area contributed by atoms with Crippen LogP contribution in [0.15, 0.2) is 77.2 Å². The predicted octanol–water partition coefficient (Wildman–Crippen LogP) is 5.66. The largest absolute Gasteiger partial charge is 0.493 e. The fourth-order valence-corrected chi connectivity index (χ4v) is 4.11. The van der Waals surface area contributed by atoms with Crippen LogP contribution < -0.4 is 4.74 Å². The molecule has 0 N–H and O–H groups in total. The molecule has 0 spiro atoms. The fraction of sp³-hybridized carbons (Fsp3) is 0.136. The average molecular weight is 423 g/mol. The molecule has 29 heavy (non-hydrogen) atoms. The fourth-order valence-electron chi connectivity index (χ4n) is 2.96.